The van der Waals surface area contributed by atoms with Gasteiger partial charge in [0.2, 0.25) is 10.0 Å². The molecule has 7 heteroatoms. The van der Waals surface area contributed by atoms with Gasteiger partial charge in [-0.3, -0.25) is 0 Å². The van der Waals surface area contributed by atoms with Gasteiger partial charge in [0.1, 0.15) is 5.15 Å². The van der Waals surface area contributed by atoms with Crippen molar-refractivity contribution in [1.82, 2.24) is 9.71 Å². The van der Waals surface area contributed by atoms with E-state index in [1.165, 1.54) is 19.1 Å². The Balaban J connectivity index is 2.43. The van der Waals surface area contributed by atoms with Gasteiger partial charge >= 0.3 is 0 Å². The lowest BCUT2D eigenvalue weighted by Gasteiger charge is -2.09. The second-order valence-electron chi connectivity index (χ2n) is 4.65. The van der Waals surface area contributed by atoms with Crippen molar-refractivity contribution < 1.29 is 13.5 Å². The Bertz CT molecular complexity index is 745. The fourth-order valence-corrected chi connectivity index (χ4v) is 3.02. The summed E-state index contributed by atoms with van der Waals surface area (Å²) in [4.78, 5) is 4.32. The number of hydrogen-bond acceptors (Lipinski definition) is 4. The lowest BCUT2D eigenvalue weighted by molar-refractivity contribution is 0.198. The average molecular weight is 315 g/mol. The number of pyridine rings is 1. The topological polar surface area (TPSA) is 79.3 Å². The first-order valence-electron chi connectivity index (χ1n) is 6.04. The van der Waals surface area contributed by atoms with Crippen LogP contribution in [-0.2, 0) is 10.0 Å². The second-order valence-corrected chi connectivity index (χ2v) is 6.78. The normalized spacial score (nSPS) is 13.6. The van der Waals surface area contributed by atoms with E-state index in [2.05, 4.69) is 9.71 Å². The molecule has 0 aliphatic carbocycles. The molecule has 2 N–H and O–H groups in total. The molecule has 0 saturated carbocycles. The molecule has 1 aromatic carbocycles. The largest absolute Gasteiger partial charge is 0.392 e. The van der Waals surface area contributed by atoms with Crippen LogP contribution in [0.5, 0.6) is 0 Å². The third-order valence-corrected chi connectivity index (χ3v) is 4.60. The van der Waals surface area contributed by atoms with Crippen molar-refractivity contribution in [3.63, 3.8) is 0 Å². The Morgan fingerprint density at radius 2 is 2.10 bits per heavy atom. The summed E-state index contributed by atoms with van der Waals surface area (Å²) in [6.07, 6.45) is -0.743. The van der Waals surface area contributed by atoms with Crippen molar-refractivity contribution in [2.45, 2.75) is 24.8 Å². The van der Waals surface area contributed by atoms with Gasteiger partial charge in [-0.05, 0) is 43.7 Å². The number of fused-ring (bicyclic) bond motifs is 1. The van der Waals surface area contributed by atoms with Gasteiger partial charge in [-0.25, -0.2) is 18.1 Å². The van der Waals surface area contributed by atoms with Crippen LogP contribution < -0.4 is 4.72 Å². The summed E-state index contributed by atoms with van der Waals surface area (Å²) in [6.45, 7) is 3.29. The van der Waals surface area contributed by atoms with Gasteiger partial charge in [0.25, 0.3) is 0 Å². The summed E-state index contributed by atoms with van der Waals surface area (Å²) in [6, 6.07) is 6.40. The van der Waals surface area contributed by atoms with Crippen LogP contribution in [0.15, 0.2) is 29.2 Å². The van der Waals surface area contributed by atoms with E-state index in [-0.39, 0.29) is 11.4 Å². The number of hydrogen-bond donors (Lipinski definition) is 2. The van der Waals surface area contributed by atoms with E-state index >= 15 is 0 Å². The van der Waals surface area contributed by atoms with Gasteiger partial charge in [0.15, 0.2) is 0 Å². The quantitative estimate of drug-likeness (QED) is 0.844. The number of rotatable bonds is 4. The van der Waals surface area contributed by atoms with Crippen LogP contribution in [0.4, 0.5) is 0 Å². The second kappa shape index (κ2) is 5.65. The van der Waals surface area contributed by atoms with Crippen molar-refractivity contribution >= 4 is 32.5 Å². The van der Waals surface area contributed by atoms with E-state index in [0.717, 1.165) is 5.56 Å². The molecule has 0 radical (unpaired) electrons. The van der Waals surface area contributed by atoms with Gasteiger partial charge < -0.3 is 5.11 Å². The molecule has 2 aromatic rings. The zero-order chi connectivity index (χ0) is 14.9. The molecule has 1 atom stereocenters. The predicted molar refractivity (Wildman–Crippen MR) is 78.4 cm³/mol. The first kappa shape index (κ1) is 15.2. The lowest BCUT2D eigenvalue weighted by Crippen LogP contribution is -2.30. The van der Waals surface area contributed by atoms with Crippen molar-refractivity contribution in [1.29, 1.82) is 0 Å². The maximum Gasteiger partial charge on any atom is 0.240 e. The molecular weight excluding hydrogens is 300 g/mol. The molecule has 108 valence electrons. The summed E-state index contributed by atoms with van der Waals surface area (Å²) < 4.78 is 26.5. The molecule has 0 fully saturated rings. The molecule has 1 heterocycles. The van der Waals surface area contributed by atoms with E-state index in [1.54, 1.807) is 12.1 Å². The van der Waals surface area contributed by atoms with Crippen LogP contribution in [0.25, 0.3) is 10.9 Å². The smallest absolute Gasteiger partial charge is 0.240 e. The van der Waals surface area contributed by atoms with Gasteiger partial charge in [-0.2, -0.15) is 0 Å². The number of nitrogens with zero attached hydrogens (tertiary/aromatic N) is 1. The molecule has 0 unspecified atom stereocenters. The lowest BCUT2D eigenvalue weighted by atomic mass is 10.2. The molecule has 1 aromatic heterocycles. The minimum atomic E-state index is -3.64. The van der Waals surface area contributed by atoms with Crippen LogP contribution in [0.3, 0.4) is 0 Å². The van der Waals surface area contributed by atoms with Crippen LogP contribution in [0, 0.1) is 6.92 Å². The summed E-state index contributed by atoms with van der Waals surface area (Å²) in [5.41, 5.74) is 1.42. The number of aryl methyl sites for hydroxylation is 1. The number of nitrogens with one attached hydrogen (secondary N) is 1. The molecule has 0 aliphatic heterocycles. The van der Waals surface area contributed by atoms with Crippen LogP contribution >= 0.6 is 11.6 Å². The minimum absolute atomic E-state index is 0.0295. The fourth-order valence-electron chi connectivity index (χ4n) is 1.72. The van der Waals surface area contributed by atoms with Gasteiger partial charge in [-0.15, -0.1) is 0 Å². The minimum Gasteiger partial charge on any atom is -0.392 e. The van der Waals surface area contributed by atoms with Gasteiger partial charge in [0.05, 0.1) is 16.5 Å². The third kappa shape index (κ3) is 3.27. The number of benzene rings is 1. The number of aromatic nitrogens is 1. The van der Waals surface area contributed by atoms with E-state index in [0.29, 0.717) is 16.1 Å². The Kier molecular flexibility index (Phi) is 4.29. The predicted octanol–water partition coefficient (Wildman–Crippen LogP) is 1.86. The Labute approximate surface area is 122 Å². The Hall–Kier alpha value is -1.21. The van der Waals surface area contributed by atoms with Crippen molar-refractivity contribution in [2.75, 3.05) is 6.54 Å². The maximum absolute atomic E-state index is 12.1. The molecule has 20 heavy (non-hydrogen) atoms. The van der Waals surface area contributed by atoms with Crippen molar-refractivity contribution in [3.05, 3.63) is 35.0 Å². The standard InChI is InChI=1S/C13H15ClN2O3S/c1-8-5-10-6-11(3-4-12(10)16-13(8)14)20(18,19)15-7-9(2)17/h3-6,9,15,17H,7H2,1-2H3/t9-/m1/s1. The summed E-state index contributed by atoms with van der Waals surface area (Å²) in [5, 5.41) is 10.3. The van der Waals surface area contributed by atoms with Gasteiger partial charge in [-0.1, -0.05) is 11.6 Å². The van der Waals surface area contributed by atoms with Gasteiger partial charge in [0, 0.05) is 11.9 Å². The molecule has 0 aliphatic rings. The number of halogens is 1. The van der Waals surface area contributed by atoms with E-state index in [9.17, 15) is 8.42 Å². The fraction of sp³-hybridized carbons (Fsp3) is 0.308. The Morgan fingerprint density at radius 1 is 1.40 bits per heavy atom. The van der Waals surface area contributed by atoms with Crippen LogP contribution in [0.2, 0.25) is 5.15 Å². The SMILES string of the molecule is Cc1cc2cc(S(=O)(=O)NC[C@@H](C)O)ccc2nc1Cl. The average Bonchev–Trinajstić information content (AvgIpc) is 2.37. The maximum atomic E-state index is 12.1. The first-order valence-corrected chi connectivity index (χ1v) is 7.90. The van der Waals surface area contributed by atoms with Crippen molar-refractivity contribution in [3.8, 4) is 0 Å². The monoisotopic (exact) mass is 314 g/mol. The summed E-state index contributed by atoms with van der Waals surface area (Å²) in [7, 11) is -3.64. The molecule has 2 rings (SSSR count). The molecule has 0 spiro atoms. The molecule has 0 bridgehead atoms. The van der Waals surface area contributed by atoms with Crippen molar-refractivity contribution in [2.24, 2.45) is 0 Å². The Morgan fingerprint density at radius 3 is 2.75 bits per heavy atom. The van der Waals surface area contributed by atoms with E-state index in [4.69, 9.17) is 16.7 Å². The zero-order valence-electron chi connectivity index (χ0n) is 11.1. The van der Waals surface area contributed by atoms with Crippen LogP contribution in [-0.4, -0.2) is 31.2 Å². The number of aliphatic hydroxyl groups is 1. The van der Waals surface area contributed by atoms with E-state index in [1.807, 2.05) is 6.92 Å². The highest BCUT2D eigenvalue weighted by molar-refractivity contribution is 7.89. The zero-order valence-corrected chi connectivity index (χ0v) is 12.7. The molecule has 0 amide bonds. The summed E-state index contributed by atoms with van der Waals surface area (Å²) in [5.74, 6) is 0. The summed E-state index contributed by atoms with van der Waals surface area (Å²) >= 11 is 5.93. The highest BCUT2D eigenvalue weighted by Crippen LogP contribution is 2.22. The van der Waals surface area contributed by atoms with Crippen LogP contribution in [0.1, 0.15) is 12.5 Å². The molecule has 0 saturated heterocycles. The highest BCUT2D eigenvalue weighted by atomic mass is 35.5. The first-order chi connectivity index (χ1) is 9.29. The van der Waals surface area contributed by atoms with E-state index < -0.39 is 16.1 Å². The number of sulfonamides is 1. The third-order valence-electron chi connectivity index (χ3n) is 2.79. The highest BCUT2D eigenvalue weighted by Gasteiger charge is 2.15. The molecule has 5 nitrogen and oxygen atoms in total. The number of aliphatic hydroxyl groups excluding tert-OH is 1. The molecular formula is C13H15ClN2O3S.